The lowest BCUT2D eigenvalue weighted by atomic mass is 9.95. The number of rotatable bonds is 1. The Kier molecular flexibility index (Phi) is 6.26. The molecule has 3 aliphatic rings. The molecule has 4 rings (SSSR count). The molecule has 2 fully saturated rings. The molecule has 0 radical (unpaired) electrons. The number of hydrogen-bond acceptors (Lipinski definition) is 4. The quantitative estimate of drug-likeness (QED) is 0.827. The van der Waals surface area contributed by atoms with Crippen molar-refractivity contribution < 1.29 is 9.53 Å². The second-order valence-electron chi connectivity index (χ2n) is 6.22. The number of amides is 1. The number of aromatic nitrogens is 1. The molecule has 1 aromatic heterocycles. The van der Waals surface area contributed by atoms with Crippen LogP contribution < -0.4 is 5.32 Å². The molecule has 5 nitrogen and oxygen atoms in total. The predicted octanol–water partition coefficient (Wildman–Crippen LogP) is 1.62. The van der Waals surface area contributed by atoms with Crippen molar-refractivity contribution >= 4 is 30.7 Å². The Hall–Kier alpha value is -0.880. The topological polar surface area (TPSA) is 54.5 Å². The van der Waals surface area contributed by atoms with Gasteiger partial charge in [-0.05, 0) is 37.3 Å². The number of carbonyl (C=O) groups excluding carboxylic acids is 1. The van der Waals surface area contributed by atoms with Gasteiger partial charge < -0.3 is 15.0 Å². The number of fused-ring (bicyclic) bond motifs is 2. The maximum absolute atomic E-state index is 12.7. The van der Waals surface area contributed by atoms with E-state index in [-0.39, 0.29) is 42.9 Å². The summed E-state index contributed by atoms with van der Waals surface area (Å²) < 4.78 is 5.74. The Morgan fingerprint density at radius 3 is 2.91 bits per heavy atom. The first-order chi connectivity index (χ1) is 10.3. The van der Waals surface area contributed by atoms with Crippen molar-refractivity contribution in [1.82, 2.24) is 15.2 Å². The fourth-order valence-corrected chi connectivity index (χ4v) is 3.65. The first-order valence-electron chi connectivity index (χ1n) is 7.93. The van der Waals surface area contributed by atoms with Gasteiger partial charge in [0.2, 0.25) is 0 Å². The van der Waals surface area contributed by atoms with Crippen molar-refractivity contribution in [3.05, 3.63) is 29.1 Å². The van der Waals surface area contributed by atoms with E-state index in [4.69, 9.17) is 4.74 Å². The van der Waals surface area contributed by atoms with Crippen LogP contribution in [0.25, 0.3) is 0 Å². The van der Waals surface area contributed by atoms with Crippen LogP contribution in [0.3, 0.4) is 0 Å². The summed E-state index contributed by atoms with van der Waals surface area (Å²) in [6, 6.07) is 2.34. The number of morpholine rings is 1. The molecule has 0 saturated carbocycles. The fraction of sp³-hybridized carbons (Fsp3) is 0.625. The van der Waals surface area contributed by atoms with Gasteiger partial charge in [-0.2, -0.15) is 0 Å². The van der Waals surface area contributed by atoms with Crippen molar-refractivity contribution in [3.8, 4) is 0 Å². The Bertz CT molecular complexity index is 556. The van der Waals surface area contributed by atoms with E-state index in [0.29, 0.717) is 6.54 Å². The van der Waals surface area contributed by atoms with Crippen LogP contribution in [0.4, 0.5) is 0 Å². The van der Waals surface area contributed by atoms with Gasteiger partial charge >= 0.3 is 0 Å². The SMILES string of the molecule is Cl.Cl.O=C(c1cnc2c(c1)CCCC2)N1C[C@@H]2NCCO[C@H]2C1. The molecular weight excluding hydrogens is 337 g/mol. The van der Waals surface area contributed by atoms with E-state index in [9.17, 15) is 4.79 Å². The van der Waals surface area contributed by atoms with E-state index in [0.717, 1.165) is 38.1 Å². The number of pyridine rings is 1. The number of nitrogens with one attached hydrogen (secondary N) is 1. The Morgan fingerprint density at radius 1 is 1.26 bits per heavy atom. The van der Waals surface area contributed by atoms with Crippen LogP contribution in [0.2, 0.25) is 0 Å². The molecule has 0 aromatic carbocycles. The summed E-state index contributed by atoms with van der Waals surface area (Å²) in [4.78, 5) is 19.1. The number of ether oxygens (including phenoxy) is 1. The summed E-state index contributed by atoms with van der Waals surface area (Å²) >= 11 is 0. The second-order valence-corrected chi connectivity index (χ2v) is 6.22. The fourth-order valence-electron chi connectivity index (χ4n) is 3.65. The van der Waals surface area contributed by atoms with Gasteiger partial charge in [-0.3, -0.25) is 9.78 Å². The Morgan fingerprint density at radius 2 is 2.09 bits per heavy atom. The van der Waals surface area contributed by atoms with E-state index >= 15 is 0 Å². The van der Waals surface area contributed by atoms with Gasteiger partial charge in [0.25, 0.3) is 5.91 Å². The zero-order valence-corrected chi connectivity index (χ0v) is 14.6. The van der Waals surface area contributed by atoms with Crippen LogP contribution in [0.5, 0.6) is 0 Å². The normalized spacial score (nSPS) is 25.7. The molecule has 1 aromatic rings. The van der Waals surface area contributed by atoms with E-state index in [1.807, 2.05) is 4.90 Å². The molecule has 128 valence electrons. The number of halogens is 2. The van der Waals surface area contributed by atoms with Gasteiger partial charge in [-0.15, -0.1) is 24.8 Å². The minimum absolute atomic E-state index is 0. The highest BCUT2D eigenvalue weighted by Crippen LogP contribution is 2.23. The highest BCUT2D eigenvalue weighted by atomic mass is 35.5. The van der Waals surface area contributed by atoms with Gasteiger partial charge in [-0.1, -0.05) is 0 Å². The lowest BCUT2D eigenvalue weighted by molar-refractivity contribution is 0.0176. The summed E-state index contributed by atoms with van der Waals surface area (Å²) in [5.74, 6) is 0.0932. The Labute approximate surface area is 149 Å². The maximum atomic E-state index is 12.7. The lowest BCUT2D eigenvalue weighted by Crippen LogP contribution is -2.47. The van der Waals surface area contributed by atoms with Crippen molar-refractivity contribution in [1.29, 1.82) is 0 Å². The van der Waals surface area contributed by atoms with Gasteiger partial charge in [0.05, 0.1) is 24.3 Å². The van der Waals surface area contributed by atoms with Crippen molar-refractivity contribution in [2.45, 2.75) is 37.8 Å². The summed E-state index contributed by atoms with van der Waals surface area (Å²) in [6.45, 7) is 3.04. The molecule has 0 spiro atoms. The molecule has 1 amide bonds. The van der Waals surface area contributed by atoms with Gasteiger partial charge in [0.1, 0.15) is 0 Å². The highest BCUT2D eigenvalue weighted by molar-refractivity contribution is 5.94. The zero-order chi connectivity index (χ0) is 14.2. The number of hydrogen-bond donors (Lipinski definition) is 1. The molecule has 1 N–H and O–H groups in total. The molecule has 0 unspecified atom stereocenters. The monoisotopic (exact) mass is 359 g/mol. The summed E-state index contributed by atoms with van der Waals surface area (Å²) in [6.07, 6.45) is 6.43. The predicted molar refractivity (Wildman–Crippen MR) is 92.8 cm³/mol. The van der Waals surface area contributed by atoms with Gasteiger partial charge in [0.15, 0.2) is 0 Å². The molecule has 3 heterocycles. The lowest BCUT2D eigenvalue weighted by Gasteiger charge is -2.25. The number of likely N-dealkylation sites (tertiary alicyclic amines) is 1. The third-order valence-electron chi connectivity index (χ3n) is 4.81. The van der Waals surface area contributed by atoms with E-state index in [1.165, 1.54) is 24.1 Å². The third kappa shape index (κ3) is 3.63. The smallest absolute Gasteiger partial charge is 0.255 e. The summed E-state index contributed by atoms with van der Waals surface area (Å²) in [5.41, 5.74) is 3.17. The number of nitrogens with zero attached hydrogens (tertiary/aromatic N) is 2. The van der Waals surface area contributed by atoms with Crippen LogP contribution in [0.15, 0.2) is 12.3 Å². The molecule has 2 saturated heterocycles. The first-order valence-corrected chi connectivity index (χ1v) is 7.93. The maximum Gasteiger partial charge on any atom is 0.255 e. The van der Waals surface area contributed by atoms with Crippen LogP contribution in [0.1, 0.15) is 34.5 Å². The summed E-state index contributed by atoms with van der Waals surface area (Å²) in [5, 5.41) is 3.43. The molecule has 2 aliphatic heterocycles. The van der Waals surface area contributed by atoms with Gasteiger partial charge in [-0.25, -0.2) is 0 Å². The summed E-state index contributed by atoms with van der Waals surface area (Å²) in [7, 11) is 0. The second kappa shape index (κ2) is 7.79. The van der Waals surface area contributed by atoms with E-state index < -0.39 is 0 Å². The Balaban J connectivity index is 0.000000960. The number of aryl methyl sites for hydroxylation is 2. The molecule has 23 heavy (non-hydrogen) atoms. The standard InChI is InChI=1S/C16H21N3O2.2ClH/c20-16(19-9-14-15(10-19)21-6-5-17-14)12-7-11-3-1-2-4-13(11)18-8-12;;/h7-8,14-15,17H,1-6,9-10H2;2*1H/t14-,15-;;/m0../s1. The van der Waals surface area contributed by atoms with Crippen LogP contribution in [-0.4, -0.2) is 54.2 Å². The van der Waals surface area contributed by atoms with E-state index in [2.05, 4.69) is 16.4 Å². The van der Waals surface area contributed by atoms with Crippen molar-refractivity contribution in [3.63, 3.8) is 0 Å². The average molecular weight is 360 g/mol. The molecule has 7 heteroatoms. The minimum atomic E-state index is 0. The number of carbonyl (C=O) groups is 1. The van der Waals surface area contributed by atoms with Crippen LogP contribution >= 0.6 is 24.8 Å². The molecule has 1 aliphatic carbocycles. The van der Waals surface area contributed by atoms with Crippen LogP contribution in [0, 0.1) is 0 Å². The van der Waals surface area contributed by atoms with Crippen LogP contribution in [-0.2, 0) is 17.6 Å². The molecule has 0 bridgehead atoms. The first kappa shape index (κ1) is 18.5. The zero-order valence-electron chi connectivity index (χ0n) is 13.0. The average Bonchev–Trinajstić information content (AvgIpc) is 2.97. The molecule has 2 atom stereocenters. The third-order valence-corrected chi connectivity index (χ3v) is 4.81. The highest BCUT2D eigenvalue weighted by Gasteiger charge is 2.37. The molecular formula is C16H23Cl2N3O2. The van der Waals surface area contributed by atoms with Crippen molar-refractivity contribution in [2.75, 3.05) is 26.2 Å². The largest absolute Gasteiger partial charge is 0.373 e. The van der Waals surface area contributed by atoms with Gasteiger partial charge in [0, 0.05) is 31.5 Å². The minimum Gasteiger partial charge on any atom is -0.373 e. The van der Waals surface area contributed by atoms with E-state index in [1.54, 1.807) is 6.20 Å². The van der Waals surface area contributed by atoms with Crippen molar-refractivity contribution in [2.24, 2.45) is 0 Å².